The normalized spacial score (nSPS) is 17.1. The molecule has 0 aromatic heterocycles. The lowest BCUT2D eigenvalue weighted by Crippen LogP contribution is -2.39. The second kappa shape index (κ2) is 7.58. The minimum absolute atomic E-state index is 0.216. The standard InChI is InChI=1S/C19H17FN2O2S/c1-12(24-14-7-5-13(11-21)6-8-14)19(23)22-17-9-10-25-18-15(17)3-2-4-16(18)20/h2-8,12,17H,9-10H2,1H3,(H,22,23). The number of carbonyl (C=O) groups is 1. The molecule has 0 saturated carbocycles. The van der Waals surface area contributed by atoms with E-state index in [9.17, 15) is 9.18 Å². The Morgan fingerprint density at radius 2 is 2.12 bits per heavy atom. The highest BCUT2D eigenvalue weighted by molar-refractivity contribution is 7.99. The van der Waals surface area contributed by atoms with Gasteiger partial charge in [-0.25, -0.2) is 4.39 Å². The van der Waals surface area contributed by atoms with Gasteiger partial charge in [0, 0.05) is 10.6 Å². The van der Waals surface area contributed by atoms with Gasteiger partial charge in [0.05, 0.1) is 17.7 Å². The highest BCUT2D eigenvalue weighted by Crippen LogP contribution is 2.37. The van der Waals surface area contributed by atoms with Crippen molar-refractivity contribution in [3.8, 4) is 11.8 Å². The molecule has 0 bridgehead atoms. The van der Waals surface area contributed by atoms with Crippen molar-refractivity contribution in [2.75, 3.05) is 5.75 Å². The first-order chi connectivity index (χ1) is 12.1. The van der Waals surface area contributed by atoms with Crippen molar-refractivity contribution in [1.82, 2.24) is 5.32 Å². The zero-order valence-corrected chi connectivity index (χ0v) is 14.5. The lowest BCUT2D eigenvalue weighted by atomic mass is 10.0. The monoisotopic (exact) mass is 356 g/mol. The summed E-state index contributed by atoms with van der Waals surface area (Å²) in [7, 11) is 0. The molecular formula is C19H17FN2O2S. The van der Waals surface area contributed by atoms with Crippen LogP contribution in [0.15, 0.2) is 47.4 Å². The van der Waals surface area contributed by atoms with Gasteiger partial charge in [0.15, 0.2) is 6.10 Å². The molecule has 0 saturated heterocycles. The van der Waals surface area contributed by atoms with Crippen molar-refractivity contribution in [3.05, 3.63) is 59.4 Å². The average molecular weight is 356 g/mol. The van der Waals surface area contributed by atoms with E-state index in [1.165, 1.54) is 17.8 Å². The highest BCUT2D eigenvalue weighted by atomic mass is 32.2. The lowest BCUT2D eigenvalue weighted by Gasteiger charge is -2.27. The molecule has 2 atom stereocenters. The molecule has 6 heteroatoms. The van der Waals surface area contributed by atoms with E-state index in [-0.39, 0.29) is 17.8 Å². The van der Waals surface area contributed by atoms with Crippen molar-refractivity contribution in [1.29, 1.82) is 5.26 Å². The number of fused-ring (bicyclic) bond motifs is 1. The first-order valence-corrected chi connectivity index (χ1v) is 8.95. The maximum absolute atomic E-state index is 13.9. The van der Waals surface area contributed by atoms with Gasteiger partial charge in [-0.1, -0.05) is 12.1 Å². The molecule has 128 valence electrons. The Morgan fingerprint density at radius 3 is 2.84 bits per heavy atom. The van der Waals surface area contributed by atoms with E-state index in [2.05, 4.69) is 5.32 Å². The summed E-state index contributed by atoms with van der Waals surface area (Å²) in [6.07, 6.45) is 0.0516. The Morgan fingerprint density at radius 1 is 1.36 bits per heavy atom. The van der Waals surface area contributed by atoms with Crippen LogP contribution in [0.3, 0.4) is 0 Å². The molecule has 25 heavy (non-hydrogen) atoms. The molecule has 0 spiro atoms. The van der Waals surface area contributed by atoms with Crippen LogP contribution in [0.5, 0.6) is 5.75 Å². The van der Waals surface area contributed by atoms with Gasteiger partial charge in [0.1, 0.15) is 11.6 Å². The third-order valence-electron chi connectivity index (χ3n) is 4.01. The SMILES string of the molecule is CC(Oc1ccc(C#N)cc1)C(=O)NC1CCSc2c(F)cccc21. The number of nitrogens with zero attached hydrogens (tertiary/aromatic N) is 1. The van der Waals surface area contributed by atoms with Gasteiger partial charge in [0.2, 0.25) is 0 Å². The number of carbonyl (C=O) groups excluding carboxylic acids is 1. The van der Waals surface area contributed by atoms with E-state index in [1.807, 2.05) is 12.1 Å². The van der Waals surface area contributed by atoms with Crippen molar-refractivity contribution >= 4 is 17.7 Å². The molecule has 3 rings (SSSR count). The zero-order valence-electron chi connectivity index (χ0n) is 13.7. The summed E-state index contributed by atoms with van der Waals surface area (Å²) >= 11 is 1.48. The fourth-order valence-electron chi connectivity index (χ4n) is 2.69. The summed E-state index contributed by atoms with van der Waals surface area (Å²) < 4.78 is 19.5. The van der Waals surface area contributed by atoms with Crippen LogP contribution >= 0.6 is 11.8 Å². The highest BCUT2D eigenvalue weighted by Gasteiger charge is 2.26. The Bertz CT molecular complexity index is 817. The minimum atomic E-state index is -0.695. The molecule has 1 N–H and O–H groups in total. The molecule has 2 aromatic carbocycles. The van der Waals surface area contributed by atoms with Gasteiger partial charge in [-0.3, -0.25) is 4.79 Å². The number of benzene rings is 2. The predicted octanol–water partition coefficient (Wildman–Crippen LogP) is 3.82. The maximum Gasteiger partial charge on any atom is 0.261 e. The van der Waals surface area contributed by atoms with E-state index in [4.69, 9.17) is 10.00 Å². The van der Waals surface area contributed by atoms with E-state index >= 15 is 0 Å². The Balaban J connectivity index is 1.66. The molecule has 0 aliphatic carbocycles. The largest absolute Gasteiger partial charge is 0.481 e. The van der Waals surface area contributed by atoms with Crippen LogP contribution in [0.25, 0.3) is 0 Å². The van der Waals surface area contributed by atoms with Crippen LogP contribution in [0.1, 0.15) is 30.5 Å². The third-order valence-corrected chi connectivity index (χ3v) is 5.17. The number of rotatable bonds is 4. The van der Waals surface area contributed by atoms with Crippen LogP contribution in [0, 0.1) is 17.1 Å². The van der Waals surface area contributed by atoms with Gasteiger partial charge >= 0.3 is 0 Å². The first kappa shape index (κ1) is 17.3. The quantitative estimate of drug-likeness (QED) is 0.905. The maximum atomic E-state index is 13.9. The Labute approximate surface area is 150 Å². The molecule has 2 aromatic rings. The van der Waals surface area contributed by atoms with Gasteiger partial charge in [0.25, 0.3) is 5.91 Å². The van der Waals surface area contributed by atoms with Gasteiger partial charge < -0.3 is 10.1 Å². The Kier molecular flexibility index (Phi) is 5.25. The van der Waals surface area contributed by atoms with Crippen LogP contribution < -0.4 is 10.1 Å². The minimum Gasteiger partial charge on any atom is -0.481 e. The summed E-state index contributed by atoms with van der Waals surface area (Å²) in [5, 5.41) is 11.7. The van der Waals surface area contributed by atoms with Crippen molar-refractivity contribution < 1.29 is 13.9 Å². The Hall–Kier alpha value is -2.52. The summed E-state index contributed by atoms with van der Waals surface area (Å²) in [5.74, 6) is 0.774. The smallest absolute Gasteiger partial charge is 0.261 e. The summed E-state index contributed by atoms with van der Waals surface area (Å²) in [4.78, 5) is 13.1. The number of halogens is 1. The molecule has 2 unspecified atom stereocenters. The van der Waals surface area contributed by atoms with E-state index in [1.54, 1.807) is 37.3 Å². The summed E-state index contributed by atoms with van der Waals surface area (Å²) in [6, 6.07) is 13.3. The van der Waals surface area contributed by atoms with Crippen LogP contribution in [0.2, 0.25) is 0 Å². The predicted molar refractivity (Wildman–Crippen MR) is 93.9 cm³/mol. The molecule has 1 amide bonds. The second-order valence-corrected chi connectivity index (χ2v) is 6.86. The molecule has 4 nitrogen and oxygen atoms in total. The number of thioether (sulfide) groups is 1. The molecule has 0 fully saturated rings. The third kappa shape index (κ3) is 3.94. The van der Waals surface area contributed by atoms with Crippen LogP contribution in [-0.2, 0) is 4.79 Å². The zero-order chi connectivity index (χ0) is 17.8. The topological polar surface area (TPSA) is 62.1 Å². The van der Waals surface area contributed by atoms with Gasteiger partial charge in [-0.15, -0.1) is 11.8 Å². The van der Waals surface area contributed by atoms with Gasteiger partial charge in [-0.05, 0) is 49.2 Å². The fourth-order valence-corrected chi connectivity index (χ4v) is 3.83. The second-order valence-electron chi connectivity index (χ2n) is 5.75. The number of hydrogen-bond acceptors (Lipinski definition) is 4. The lowest BCUT2D eigenvalue weighted by molar-refractivity contribution is -0.128. The van der Waals surface area contributed by atoms with Crippen LogP contribution in [-0.4, -0.2) is 17.8 Å². The molecular weight excluding hydrogens is 339 g/mol. The van der Waals surface area contributed by atoms with E-state index < -0.39 is 6.10 Å². The fraction of sp³-hybridized carbons (Fsp3) is 0.263. The number of nitriles is 1. The number of nitrogens with one attached hydrogen (secondary N) is 1. The van der Waals surface area contributed by atoms with Crippen molar-refractivity contribution in [3.63, 3.8) is 0 Å². The molecule has 1 aliphatic rings. The number of ether oxygens (including phenoxy) is 1. The summed E-state index contributed by atoms with van der Waals surface area (Å²) in [5.41, 5.74) is 1.35. The molecule has 1 aliphatic heterocycles. The van der Waals surface area contributed by atoms with Crippen LogP contribution in [0.4, 0.5) is 4.39 Å². The van der Waals surface area contributed by atoms with Crippen molar-refractivity contribution in [2.24, 2.45) is 0 Å². The number of amides is 1. The molecule has 1 heterocycles. The van der Waals surface area contributed by atoms with Gasteiger partial charge in [-0.2, -0.15) is 5.26 Å². The van der Waals surface area contributed by atoms with Crippen molar-refractivity contribution in [2.45, 2.75) is 30.4 Å². The van der Waals surface area contributed by atoms with E-state index in [0.717, 1.165) is 17.7 Å². The first-order valence-electron chi connectivity index (χ1n) is 7.97. The average Bonchev–Trinajstić information content (AvgIpc) is 2.63. The summed E-state index contributed by atoms with van der Waals surface area (Å²) in [6.45, 7) is 1.66. The number of hydrogen-bond donors (Lipinski definition) is 1. The molecule has 0 radical (unpaired) electrons. The van der Waals surface area contributed by atoms with E-state index in [0.29, 0.717) is 16.2 Å².